The van der Waals surface area contributed by atoms with Crippen molar-refractivity contribution in [1.29, 1.82) is 0 Å². The van der Waals surface area contributed by atoms with Crippen molar-refractivity contribution in [2.45, 2.75) is 39.2 Å². The number of carbonyl (C=O) groups is 2. The van der Waals surface area contributed by atoms with Crippen molar-refractivity contribution in [3.63, 3.8) is 0 Å². The summed E-state index contributed by atoms with van der Waals surface area (Å²) in [6.45, 7) is 6.47. The number of nitrogens with zero attached hydrogens (tertiary/aromatic N) is 1. The molecule has 1 atom stereocenters. The zero-order valence-electron chi connectivity index (χ0n) is 14.3. The van der Waals surface area contributed by atoms with Gasteiger partial charge >= 0.3 is 0 Å². The van der Waals surface area contributed by atoms with Gasteiger partial charge in [-0.05, 0) is 31.2 Å². The smallest absolute Gasteiger partial charge is 0.223 e. The molecule has 1 aromatic rings. The third-order valence-corrected chi connectivity index (χ3v) is 4.87. The summed E-state index contributed by atoms with van der Waals surface area (Å²) in [4.78, 5) is 26.1. The minimum absolute atomic E-state index is 0.0637. The van der Waals surface area contributed by atoms with Gasteiger partial charge in [-0.25, -0.2) is 0 Å². The normalized spacial score (nSPS) is 22.9. The number of amides is 1. The van der Waals surface area contributed by atoms with Crippen molar-refractivity contribution >= 4 is 11.7 Å². The maximum Gasteiger partial charge on any atom is 0.223 e. The highest BCUT2D eigenvalue weighted by molar-refractivity contribution is 5.98. The van der Waals surface area contributed by atoms with Gasteiger partial charge < -0.3 is 14.7 Å². The van der Waals surface area contributed by atoms with Crippen LogP contribution in [0.1, 0.15) is 44.0 Å². The fourth-order valence-corrected chi connectivity index (χ4v) is 2.77. The summed E-state index contributed by atoms with van der Waals surface area (Å²) in [6.07, 6.45) is 0.335. The number of likely N-dealkylation sites (tertiary alicyclic amines) is 1. The number of ether oxygens (including phenoxy) is 1. The molecular formula is C18H25NO4. The van der Waals surface area contributed by atoms with E-state index in [0.29, 0.717) is 24.4 Å². The largest absolute Gasteiger partial charge is 0.497 e. The Morgan fingerprint density at radius 3 is 2.22 bits per heavy atom. The Balaban J connectivity index is 1.90. The van der Waals surface area contributed by atoms with Crippen LogP contribution in [0.15, 0.2) is 24.3 Å². The number of rotatable bonds is 5. The summed E-state index contributed by atoms with van der Waals surface area (Å²) < 4.78 is 5.06. The predicted molar refractivity (Wildman–Crippen MR) is 87.5 cm³/mol. The molecule has 0 bridgehead atoms. The number of ketones is 1. The molecule has 23 heavy (non-hydrogen) atoms. The van der Waals surface area contributed by atoms with Crippen molar-refractivity contribution < 1.29 is 19.4 Å². The van der Waals surface area contributed by atoms with Crippen molar-refractivity contribution in [2.24, 2.45) is 5.41 Å². The minimum atomic E-state index is -0.900. The highest BCUT2D eigenvalue weighted by Crippen LogP contribution is 2.38. The number of methoxy groups -OCH3 is 1. The zero-order valence-corrected chi connectivity index (χ0v) is 14.3. The van der Waals surface area contributed by atoms with Crippen molar-refractivity contribution in [3.8, 4) is 5.75 Å². The third kappa shape index (κ3) is 3.72. The second kappa shape index (κ2) is 6.32. The van der Waals surface area contributed by atoms with Gasteiger partial charge in [0.1, 0.15) is 5.75 Å². The molecule has 0 unspecified atom stereocenters. The molecule has 1 fully saturated rings. The van der Waals surface area contributed by atoms with E-state index in [1.54, 1.807) is 43.2 Å². The van der Waals surface area contributed by atoms with Crippen molar-refractivity contribution in [3.05, 3.63) is 29.8 Å². The number of aliphatic hydroxyl groups is 1. The van der Waals surface area contributed by atoms with Crippen LogP contribution in [0.3, 0.4) is 0 Å². The number of benzene rings is 1. The Morgan fingerprint density at radius 2 is 1.74 bits per heavy atom. The van der Waals surface area contributed by atoms with Gasteiger partial charge in [0.25, 0.3) is 0 Å². The average Bonchev–Trinajstić information content (AvgIpc) is 2.73. The summed E-state index contributed by atoms with van der Waals surface area (Å²) in [6, 6.07) is 6.87. The number of β-amino-alcohol motifs (C(OH)–C–C–N with tert-alkyl or cyclic N) is 1. The van der Waals surface area contributed by atoms with E-state index in [1.165, 1.54) is 0 Å². The van der Waals surface area contributed by atoms with Crippen LogP contribution < -0.4 is 4.74 Å². The molecular weight excluding hydrogens is 294 g/mol. The van der Waals surface area contributed by atoms with Crippen LogP contribution in [-0.4, -0.2) is 47.5 Å². The maximum atomic E-state index is 12.3. The van der Waals surface area contributed by atoms with Gasteiger partial charge in [-0.3, -0.25) is 9.59 Å². The molecule has 0 spiro atoms. The molecule has 1 heterocycles. The van der Waals surface area contributed by atoms with E-state index in [4.69, 9.17) is 4.74 Å². The topological polar surface area (TPSA) is 66.8 Å². The molecule has 2 rings (SSSR count). The maximum absolute atomic E-state index is 12.3. The quantitative estimate of drug-likeness (QED) is 0.846. The minimum Gasteiger partial charge on any atom is -0.497 e. The SMILES string of the molecule is COc1ccc(C(=O)CCC(=O)N2CC(C)(C)[C@@](C)(O)C2)cc1. The van der Waals surface area contributed by atoms with E-state index < -0.39 is 5.60 Å². The summed E-state index contributed by atoms with van der Waals surface area (Å²) in [5.74, 6) is 0.545. The molecule has 0 radical (unpaired) electrons. The lowest BCUT2D eigenvalue weighted by Gasteiger charge is -2.30. The van der Waals surface area contributed by atoms with Gasteiger partial charge in [0.2, 0.25) is 5.91 Å². The van der Waals surface area contributed by atoms with Gasteiger partial charge in [0.05, 0.1) is 12.7 Å². The lowest BCUT2D eigenvalue weighted by Crippen LogP contribution is -2.40. The van der Waals surface area contributed by atoms with E-state index in [2.05, 4.69) is 0 Å². The number of carbonyl (C=O) groups excluding carboxylic acids is 2. The first-order chi connectivity index (χ1) is 10.7. The van der Waals surface area contributed by atoms with Crippen LogP contribution in [0.2, 0.25) is 0 Å². The Morgan fingerprint density at radius 1 is 1.13 bits per heavy atom. The highest BCUT2D eigenvalue weighted by atomic mass is 16.5. The number of hydrogen-bond acceptors (Lipinski definition) is 4. The second-order valence-electron chi connectivity index (χ2n) is 7.06. The van der Waals surface area contributed by atoms with Crippen LogP contribution in [0, 0.1) is 5.41 Å². The van der Waals surface area contributed by atoms with Gasteiger partial charge in [-0.15, -0.1) is 0 Å². The van der Waals surface area contributed by atoms with Gasteiger partial charge in [0.15, 0.2) is 5.78 Å². The lowest BCUT2D eigenvalue weighted by molar-refractivity contribution is -0.131. The van der Waals surface area contributed by atoms with Gasteiger partial charge in [0, 0.05) is 36.9 Å². The second-order valence-corrected chi connectivity index (χ2v) is 7.06. The lowest BCUT2D eigenvalue weighted by atomic mass is 9.79. The molecule has 1 aliphatic rings. The van der Waals surface area contributed by atoms with Crippen LogP contribution in [0.5, 0.6) is 5.75 Å². The number of hydrogen-bond donors (Lipinski definition) is 1. The molecule has 126 valence electrons. The summed E-state index contributed by atoms with van der Waals surface area (Å²) in [5.41, 5.74) is -0.668. The van der Waals surface area contributed by atoms with Crippen LogP contribution in [0.25, 0.3) is 0 Å². The molecule has 1 N–H and O–H groups in total. The molecule has 1 amide bonds. The highest BCUT2D eigenvalue weighted by Gasteiger charge is 2.48. The molecule has 0 aliphatic carbocycles. The standard InChI is InChI=1S/C18H25NO4/c1-17(2)11-19(12-18(17,3)22)16(21)10-9-15(20)13-5-7-14(23-4)8-6-13/h5-8,22H,9-12H2,1-4H3/t18-/m0/s1. The summed E-state index contributed by atoms with van der Waals surface area (Å²) in [7, 11) is 1.57. The molecule has 1 aromatic carbocycles. The van der Waals surface area contributed by atoms with E-state index in [-0.39, 0.29) is 29.9 Å². The average molecular weight is 319 g/mol. The Hall–Kier alpha value is -1.88. The van der Waals surface area contributed by atoms with Gasteiger partial charge in [-0.1, -0.05) is 13.8 Å². The Bertz CT molecular complexity index is 574. The van der Waals surface area contributed by atoms with Crippen molar-refractivity contribution in [1.82, 2.24) is 4.90 Å². The van der Waals surface area contributed by atoms with E-state index in [1.807, 2.05) is 13.8 Å². The predicted octanol–water partition coefficient (Wildman–Crippen LogP) is 2.28. The summed E-state index contributed by atoms with van der Waals surface area (Å²) >= 11 is 0. The van der Waals surface area contributed by atoms with E-state index in [9.17, 15) is 14.7 Å². The monoisotopic (exact) mass is 319 g/mol. The summed E-state index contributed by atoms with van der Waals surface area (Å²) in [5, 5.41) is 10.4. The molecule has 0 saturated carbocycles. The van der Waals surface area contributed by atoms with Crippen molar-refractivity contribution in [2.75, 3.05) is 20.2 Å². The number of Topliss-reactive ketones (excluding diaryl/α,β-unsaturated/α-hetero) is 1. The van der Waals surface area contributed by atoms with Gasteiger partial charge in [-0.2, -0.15) is 0 Å². The fourth-order valence-electron chi connectivity index (χ4n) is 2.77. The Labute approximate surface area is 137 Å². The Kier molecular flexibility index (Phi) is 4.80. The van der Waals surface area contributed by atoms with Crippen LogP contribution >= 0.6 is 0 Å². The fraction of sp³-hybridized carbons (Fsp3) is 0.556. The van der Waals surface area contributed by atoms with E-state index >= 15 is 0 Å². The molecule has 5 heteroatoms. The zero-order chi connectivity index (χ0) is 17.3. The molecule has 5 nitrogen and oxygen atoms in total. The molecule has 1 aliphatic heterocycles. The first-order valence-electron chi connectivity index (χ1n) is 7.84. The molecule has 0 aromatic heterocycles. The van der Waals surface area contributed by atoms with Crippen LogP contribution in [0.4, 0.5) is 0 Å². The van der Waals surface area contributed by atoms with E-state index in [0.717, 1.165) is 0 Å². The van der Waals surface area contributed by atoms with Crippen LogP contribution in [-0.2, 0) is 4.79 Å². The first kappa shape index (κ1) is 17.5. The molecule has 1 saturated heterocycles. The third-order valence-electron chi connectivity index (χ3n) is 4.87. The first-order valence-corrected chi connectivity index (χ1v) is 7.84.